The Morgan fingerprint density at radius 2 is 1.80 bits per heavy atom. The van der Waals surface area contributed by atoms with Crippen molar-refractivity contribution in [3.8, 4) is 0 Å². The highest BCUT2D eigenvalue weighted by Gasteiger charge is 2.32. The molecule has 88 valence electrons. The van der Waals surface area contributed by atoms with Gasteiger partial charge in [0.1, 0.15) is 0 Å². The van der Waals surface area contributed by atoms with E-state index in [1.807, 2.05) is 0 Å². The van der Waals surface area contributed by atoms with Gasteiger partial charge in [-0.05, 0) is 43.6 Å². The normalized spacial score (nSPS) is 40.0. The zero-order valence-corrected chi connectivity index (χ0v) is 10.9. The van der Waals surface area contributed by atoms with Crippen LogP contribution >= 0.6 is 11.8 Å². The maximum atomic E-state index is 3.54. The predicted molar refractivity (Wildman–Crippen MR) is 68.5 cm³/mol. The molecule has 2 aliphatic heterocycles. The number of hydrogen-bond acceptors (Lipinski definition) is 3. The minimum Gasteiger partial charge on any atom is -0.316 e. The Labute approximate surface area is 98.2 Å². The quantitative estimate of drug-likeness (QED) is 0.735. The van der Waals surface area contributed by atoms with Gasteiger partial charge in [0.2, 0.25) is 0 Å². The van der Waals surface area contributed by atoms with Gasteiger partial charge in [-0.3, -0.25) is 4.90 Å². The van der Waals surface area contributed by atoms with E-state index in [9.17, 15) is 0 Å². The molecule has 2 fully saturated rings. The summed E-state index contributed by atoms with van der Waals surface area (Å²) >= 11 is 2.13. The van der Waals surface area contributed by atoms with E-state index in [0.717, 1.165) is 17.9 Å². The monoisotopic (exact) mass is 228 g/mol. The number of piperidine rings is 1. The van der Waals surface area contributed by atoms with E-state index in [0.29, 0.717) is 0 Å². The predicted octanol–water partition coefficient (Wildman–Crippen LogP) is 1.67. The van der Waals surface area contributed by atoms with Crippen LogP contribution in [0.5, 0.6) is 0 Å². The van der Waals surface area contributed by atoms with Crippen LogP contribution in [0.3, 0.4) is 0 Å². The fourth-order valence-corrected chi connectivity index (χ4v) is 4.03. The lowest BCUT2D eigenvalue weighted by atomic mass is 9.85. The van der Waals surface area contributed by atoms with E-state index in [2.05, 4.69) is 35.8 Å². The largest absolute Gasteiger partial charge is 0.316 e. The fourth-order valence-electron chi connectivity index (χ4n) is 3.12. The van der Waals surface area contributed by atoms with Crippen molar-refractivity contribution >= 4 is 11.8 Å². The Hall–Kier alpha value is 0.270. The Morgan fingerprint density at radius 3 is 2.53 bits per heavy atom. The highest BCUT2D eigenvalue weighted by Crippen LogP contribution is 2.25. The molecule has 15 heavy (non-hydrogen) atoms. The van der Waals surface area contributed by atoms with Crippen molar-refractivity contribution in [3.63, 3.8) is 0 Å². The van der Waals surface area contributed by atoms with Gasteiger partial charge < -0.3 is 5.32 Å². The van der Waals surface area contributed by atoms with Crippen molar-refractivity contribution in [1.82, 2.24) is 10.2 Å². The van der Waals surface area contributed by atoms with Crippen molar-refractivity contribution in [1.29, 1.82) is 0 Å². The summed E-state index contributed by atoms with van der Waals surface area (Å²) in [6, 6.07) is 0.824. The van der Waals surface area contributed by atoms with E-state index < -0.39 is 0 Å². The lowest BCUT2D eigenvalue weighted by Crippen LogP contribution is -2.54. The summed E-state index contributed by atoms with van der Waals surface area (Å²) in [7, 11) is 0. The zero-order valence-electron chi connectivity index (χ0n) is 10.0. The summed E-state index contributed by atoms with van der Waals surface area (Å²) in [6.45, 7) is 9.87. The van der Waals surface area contributed by atoms with Crippen LogP contribution in [0, 0.1) is 11.8 Å². The van der Waals surface area contributed by atoms with Gasteiger partial charge in [0, 0.05) is 18.3 Å². The number of thioether (sulfide) groups is 1. The highest BCUT2D eigenvalue weighted by molar-refractivity contribution is 7.99. The molecular formula is C12H24N2S. The summed E-state index contributed by atoms with van der Waals surface area (Å²) < 4.78 is 0. The maximum absolute atomic E-state index is 3.54. The van der Waals surface area contributed by atoms with Gasteiger partial charge in [0.15, 0.2) is 0 Å². The number of hydrogen-bond donors (Lipinski definition) is 1. The zero-order chi connectivity index (χ0) is 10.7. The SMILES string of the molecule is CC1CNCC(C)C1N1CCCSCC1. The molecule has 0 saturated carbocycles. The molecule has 0 aromatic heterocycles. The second-order valence-electron chi connectivity index (χ2n) is 5.11. The molecule has 0 amide bonds. The van der Waals surface area contributed by atoms with Crippen molar-refractivity contribution in [3.05, 3.63) is 0 Å². The molecule has 2 nitrogen and oxygen atoms in total. The third-order valence-electron chi connectivity index (χ3n) is 3.78. The first kappa shape index (κ1) is 11.7. The van der Waals surface area contributed by atoms with Crippen LogP contribution in [0.25, 0.3) is 0 Å². The van der Waals surface area contributed by atoms with Crippen LogP contribution in [0.2, 0.25) is 0 Å². The van der Waals surface area contributed by atoms with Gasteiger partial charge >= 0.3 is 0 Å². The lowest BCUT2D eigenvalue weighted by molar-refractivity contribution is 0.0860. The fraction of sp³-hybridized carbons (Fsp3) is 1.00. The van der Waals surface area contributed by atoms with Crippen LogP contribution < -0.4 is 5.32 Å². The van der Waals surface area contributed by atoms with E-state index >= 15 is 0 Å². The number of nitrogens with one attached hydrogen (secondary N) is 1. The summed E-state index contributed by atoms with van der Waals surface area (Å²) in [6.07, 6.45) is 1.38. The van der Waals surface area contributed by atoms with Gasteiger partial charge in [-0.2, -0.15) is 11.8 Å². The third-order valence-corrected chi connectivity index (χ3v) is 4.83. The highest BCUT2D eigenvalue weighted by atomic mass is 32.2. The first-order valence-corrected chi connectivity index (χ1v) is 7.47. The third kappa shape index (κ3) is 2.89. The van der Waals surface area contributed by atoms with Crippen molar-refractivity contribution < 1.29 is 0 Å². The van der Waals surface area contributed by atoms with E-state index in [-0.39, 0.29) is 0 Å². The van der Waals surface area contributed by atoms with Crippen LogP contribution in [-0.4, -0.2) is 48.6 Å². The van der Waals surface area contributed by atoms with Crippen LogP contribution in [0.4, 0.5) is 0 Å². The van der Waals surface area contributed by atoms with Crippen molar-refractivity contribution in [2.24, 2.45) is 11.8 Å². The molecule has 2 aliphatic rings. The molecule has 0 aromatic carbocycles. The molecule has 1 N–H and O–H groups in total. The second-order valence-corrected chi connectivity index (χ2v) is 6.33. The molecule has 0 aliphatic carbocycles. The molecule has 3 heteroatoms. The molecule has 0 aromatic rings. The van der Waals surface area contributed by atoms with Crippen LogP contribution in [-0.2, 0) is 0 Å². The minimum atomic E-state index is 0.817. The molecule has 2 atom stereocenters. The van der Waals surface area contributed by atoms with Crippen molar-refractivity contribution in [2.45, 2.75) is 26.3 Å². The number of rotatable bonds is 1. The summed E-state index contributed by atoms with van der Waals surface area (Å²) in [5, 5.41) is 3.54. The van der Waals surface area contributed by atoms with Gasteiger partial charge in [0.05, 0.1) is 0 Å². The lowest BCUT2D eigenvalue weighted by Gasteiger charge is -2.42. The average molecular weight is 228 g/mol. The summed E-state index contributed by atoms with van der Waals surface area (Å²) in [4.78, 5) is 2.76. The van der Waals surface area contributed by atoms with E-state index in [4.69, 9.17) is 0 Å². The maximum Gasteiger partial charge on any atom is 0.0171 e. The molecule has 2 saturated heterocycles. The van der Waals surface area contributed by atoms with E-state index in [1.165, 1.54) is 44.1 Å². The van der Waals surface area contributed by atoms with Crippen LogP contribution in [0.1, 0.15) is 20.3 Å². The molecule has 0 bridgehead atoms. The van der Waals surface area contributed by atoms with Gasteiger partial charge in [-0.15, -0.1) is 0 Å². The Balaban J connectivity index is 1.98. The van der Waals surface area contributed by atoms with Gasteiger partial charge in [0.25, 0.3) is 0 Å². The molecular weight excluding hydrogens is 204 g/mol. The molecule has 0 spiro atoms. The van der Waals surface area contributed by atoms with Crippen molar-refractivity contribution in [2.75, 3.05) is 37.7 Å². The molecule has 0 radical (unpaired) electrons. The minimum absolute atomic E-state index is 0.817. The summed E-state index contributed by atoms with van der Waals surface area (Å²) in [5.74, 6) is 4.34. The molecule has 2 rings (SSSR count). The Kier molecular flexibility index (Phi) is 4.35. The topological polar surface area (TPSA) is 15.3 Å². The Bertz CT molecular complexity index is 180. The van der Waals surface area contributed by atoms with Gasteiger partial charge in [-0.25, -0.2) is 0 Å². The molecule has 2 heterocycles. The average Bonchev–Trinajstić information content (AvgIpc) is 2.46. The number of nitrogens with zero attached hydrogens (tertiary/aromatic N) is 1. The smallest absolute Gasteiger partial charge is 0.0171 e. The Morgan fingerprint density at radius 1 is 1.07 bits per heavy atom. The van der Waals surface area contributed by atoms with Crippen LogP contribution in [0.15, 0.2) is 0 Å². The van der Waals surface area contributed by atoms with Gasteiger partial charge in [-0.1, -0.05) is 13.8 Å². The van der Waals surface area contributed by atoms with E-state index in [1.54, 1.807) is 0 Å². The second kappa shape index (κ2) is 5.55. The standard InChI is InChI=1S/C12H24N2S/c1-10-8-13-9-11(2)12(10)14-4-3-6-15-7-5-14/h10-13H,3-9H2,1-2H3. The molecule has 2 unspecified atom stereocenters. The first-order chi connectivity index (χ1) is 7.29. The first-order valence-electron chi connectivity index (χ1n) is 6.31. The summed E-state index contributed by atoms with van der Waals surface area (Å²) in [5.41, 5.74) is 0.